The molecule has 0 radical (unpaired) electrons. The summed E-state index contributed by atoms with van der Waals surface area (Å²) >= 11 is 0. The van der Waals surface area contributed by atoms with Crippen molar-refractivity contribution in [1.82, 2.24) is 15.1 Å². The van der Waals surface area contributed by atoms with E-state index in [1.807, 2.05) is 27.8 Å². The number of nitrogens with zero attached hydrogens (tertiary/aromatic N) is 2. The number of fused-ring (bicyclic) bond motifs is 1. The van der Waals surface area contributed by atoms with E-state index in [0.29, 0.717) is 13.1 Å². The maximum Gasteiger partial charge on any atom is 0.236 e. The summed E-state index contributed by atoms with van der Waals surface area (Å²) in [5, 5.41) is 3.06. The number of nitrogens with one attached hydrogen (secondary N) is 1. The van der Waals surface area contributed by atoms with Crippen molar-refractivity contribution in [2.24, 2.45) is 0 Å². The van der Waals surface area contributed by atoms with Crippen LogP contribution in [0.3, 0.4) is 0 Å². The molecule has 0 aromatic heterocycles. The van der Waals surface area contributed by atoms with Gasteiger partial charge in [0.05, 0.1) is 19.1 Å². The van der Waals surface area contributed by atoms with Crippen molar-refractivity contribution in [3.63, 3.8) is 0 Å². The van der Waals surface area contributed by atoms with Crippen molar-refractivity contribution in [3.05, 3.63) is 34.9 Å². The maximum absolute atomic E-state index is 12.3. The van der Waals surface area contributed by atoms with Gasteiger partial charge in [0, 0.05) is 13.1 Å². The van der Waals surface area contributed by atoms with Crippen molar-refractivity contribution in [1.29, 1.82) is 0 Å². The quantitative estimate of drug-likeness (QED) is 0.776. The van der Waals surface area contributed by atoms with Crippen LogP contribution >= 0.6 is 0 Å². The molecule has 0 aliphatic heterocycles. The summed E-state index contributed by atoms with van der Waals surface area (Å²) in [6, 6.07) is 6.55. The lowest BCUT2D eigenvalue weighted by molar-refractivity contribution is -0.132. The second kappa shape index (κ2) is 9.72. The van der Waals surface area contributed by atoms with Crippen LogP contribution in [0.5, 0.6) is 0 Å². The molecule has 1 atom stereocenters. The van der Waals surface area contributed by atoms with Gasteiger partial charge >= 0.3 is 0 Å². The Morgan fingerprint density at radius 2 is 1.73 bits per heavy atom. The predicted octanol–water partition coefficient (Wildman–Crippen LogP) is 2.54. The number of carbonyl (C=O) groups excluding carboxylic acids is 2. The monoisotopic (exact) mass is 359 g/mol. The van der Waals surface area contributed by atoms with Crippen LogP contribution in [-0.2, 0) is 22.4 Å². The molecule has 5 heteroatoms. The van der Waals surface area contributed by atoms with E-state index in [1.165, 1.54) is 30.4 Å². The van der Waals surface area contributed by atoms with Crippen molar-refractivity contribution in [2.75, 3.05) is 33.2 Å². The average Bonchev–Trinajstić information content (AvgIpc) is 2.61. The number of rotatable bonds is 8. The second-order valence-corrected chi connectivity index (χ2v) is 7.26. The molecule has 0 spiro atoms. The van der Waals surface area contributed by atoms with Gasteiger partial charge in [-0.05, 0) is 70.2 Å². The molecule has 1 aliphatic rings. The number of carbonyl (C=O) groups is 2. The molecule has 144 valence electrons. The van der Waals surface area contributed by atoms with E-state index in [4.69, 9.17) is 0 Å². The van der Waals surface area contributed by atoms with Crippen LogP contribution in [-0.4, -0.2) is 54.8 Å². The first-order chi connectivity index (χ1) is 12.4. The fourth-order valence-electron chi connectivity index (χ4n) is 3.60. The smallest absolute Gasteiger partial charge is 0.236 e. The standard InChI is InChI=1S/C21H33N3O2/c1-5-24(6-2)21(26)15-23(4)14-20(25)22-16(3)18-12-11-17-9-7-8-10-19(17)13-18/h11-13,16H,5-10,14-15H2,1-4H3,(H,22,25)/t16-/m1/s1. The van der Waals surface area contributed by atoms with E-state index >= 15 is 0 Å². The molecule has 0 unspecified atom stereocenters. The number of hydrogen-bond donors (Lipinski definition) is 1. The van der Waals surface area contributed by atoms with Gasteiger partial charge in [0.25, 0.3) is 0 Å². The van der Waals surface area contributed by atoms with Crippen LogP contribution in [0.15, 0.2) is 18.2 Å². The first-order valence-electron chi connectivity index (χ1n) is 9.82. The van der Waals surface area contributed by atoms with E-state index in [2.05, 4.69) is 23.5 Å². The third-order valence-electron chi connectivity index (χ3n) is 5.18. The van der Waals surface area contributed by atoms with Gasteiger partial charge in [0.15, 0.2) is 0 Å². The molecule has 1 aliphatic carbocycles. The summed E-state index contributed by atoms with van der Waals surface area (Å²) in [5.74, 6) is 0.0121. The molecule has 26 heavy (non-hydrogen) atoms. The Morgan fingerprint density at radius 1 is 1.08 bits per heavy atom. The number of amides is 2. The summed E-state index contributed by atoms with van der Waals surface area (Å²) < 4.78 is 0. The molecule has 0 saturated heterocycles. The molecule has 0 heterocycles. The Labute approximate surface area is 157 Å². The highest BCUT2D eigenvalue weighted by Gasteiger charge is 2.17. The van der Waals surface area contributed by atoms with Crippen LogP contribution < -0.4 is 5.32 Å². The van der Waals surface area contributed by atoms with E-state index in [-0.39, 0.29) is 30.9 Å². The number of aryl methyl sites for hydroxylation is 2. The van der Waals surface area contributed by atoms with E-state index in [9.17, 15) is 9.59 Å². The molecule has 1 N–H and O–H groups in total. The predicted molar refractivity (Wildman–Crippen MR) is 105 cm³/mol. The first kappa shape index (κ1) is 20.4. The molecule has 5 nitrogen and oxygen atoms in total. The van der Waals surface area contributed by atoms with E-state index in [0.717, 1.165) is 12.0 Å². The minimum atomic E-state index is -0.0509. The Kier molecular flexibility index (Phi) is 7.64. The highest BCUT2D eigenvalue weighted by Crippen LogP contribution is 2.24. The van der Waals surface area contributed by atoms with Gasteiger partial charge in [-0.25, -0.2) is 0 Å². The molecule has 2 amide bonds. The van der Waals surface area contributed by atoms with Crippen LogP contribution in [0.2, 0.25) is 0 Å². The zero-order valence-corrected chi connectivity index (χ0v) is 16.7. The van der Waals surface area contributed by atoms with Crippen molar-refractivity contribution >= 4 is 11.8 Å². The van der Waals surface area contributed by atoms with Crippen LogP contribution in [0, 0.1) is 0 Å². The SMILES string of the molecule is CCN(CC)C(=O)CN(C)CC(=O)N[C@H](C)c1ccc2c(c1)CCCC2. The van der Waals surface area contributed by atoms with Crippen molar-refractivity contribution in [2.45, 2.75) is 52.5 Å². The second-order valence-electron chi connectivity index (χ2n) is 7.26. The summed E-state index contributed by atoms with van der Waals surface area (Å²) in [6.45, 7) is 7.84. The largest absolute Gasteiger partial charge is 0.348 e. The van der Waals surface area contributed by atoms with Gasteiger partial charge < -0.3 is 10.2 Å². The third kappa shape index (κ3) is 5.56. The van der Waals surface area contributed by atoms with Gasteiger partial charge in [-0.2, -0.15) is 0 Å². The lowest BCUT2D eigenvalue weighted by Crippen LogP contribution is -2.43. The first-order valence-corrected chi connectivity index (χ1v) is 9.82. The fourth-order valence-corrected chi connectivity index (χ4v) is 3.60. The lowest BCUT2D eigenvalue weighted by atomic mass is 9.89. The molecular formula is C21H33N3O2. The summed E-state index contributed by atoms with van der Waals surface area (Å²) in [5.41, 5.74) is 4.03. The van der Waals surface area contributed by atoms with Crippen LogP contribution in [0.4, 0.5) is 0 Å². The Balaban J connectivity index is 1.86. The Morgan fingerprint density at radius 3 is 2.38 bits per heavy atom. The van der Waals surface area contributed by atoms with Gasteiger partial charge in [-0.1, -0.05) is 18.2 Å². The number of likely N-dealkylation sites (N-methyl/N-ethyl adjacent to an activating group) is 2. The van der Waals surface area contributed by atoms with Crippen LogP contribution in [0.1, 0.15) is 56.3 Å². The molecule has 0 saturated carbocycles. The minimum absolute atomic E-state index is 0.0263. The molecule has 1 aromatic carbocycles. The molecule has 1 aromatic rings. The van der Waals surface area contributed by atoms with Crippen molar-refractivity contribution < 1.29 is 9.59 Å². The van der Waals surface area contributed by atoms with Gasteiger partial charge in [-0.3, -0.25) is 14.5 Å². The van der Waals surface area contributed by atoms with Gasteiger partial charge in [0.1, 0.15) is 0 Å². The topological polar surface area (TPSA) is 52.7 Å². The highest BCUT2D eigenvalue weighted by molar-refractivity contribution is 5.81. The van der Waals surface area contributed by atoms with Gasteiger partial charge in [-0.15, -0.1) is 0 Å². The summed E-state index contributed by atoms with van der Waals surface area (Å²) in [4.78, 5) is 28.0. The third-order valence-corrected chi connectivity index (χ3v) is 5.18. The van der Waals surface area contributed by atoms with E-state index < -0.39 is 0 Å². The molecular weight excluding hydrogens is 326 g/mol. The average molecular weight is 360 g/mol. The number of hydrogen-bond acceptors (Lipinski definition) is 3. The minimum Gasteiger partial charge on any atom is -0.348 e. The van der Waals surface area contributed by atoms with Crippen LogP contribution in [0.25, 0.3) is 0 Å². The van der Waals surface area contributed by atoms with E-state index in [1.54, 1.807) is 9.80 Å². The number of benzene rings is 1. The lowest BCUT2D eigenvalue weighted by Gasteiger charge is -2.24. The summed E-state index contributed by atoms with van der Waals surface area (Å²) in [6.07, 6.45) is 4.83. The zero-order valence-electron chi connectivity index (χ0n) is 16.7. The molecule has 0 bridgehead atoms. The summed E-state index contributed by atoms with van der Waals surface area (Å²) in [7, 11) is 1.81. The highest BCUT2D eigenvalue weighted by atomic mass is 16.2. The van der Waals surface area contributed by atoms with Crippen molar-refractivity contribution in [3.8, 4) is 0 Å². The molecule has 2 rings (SSSR count). The maximum atomic E-state index is 12.3. The zero-order chi connectivity index (χ0) is 19.1. The fraction of sp³-hybridized carbons (Fsp3) is 0.619. The normalized spacial score (nSPS) is 14.7. The van der Waals surface area contributed by atoms with Gasteiger partial charge in [0.2, 0.25) is 11.8 Å². The Hall–Kier alpha value is -1.88. The molecule has 0 fully saturated rings. The Bertz CT molecular complexity index is 626.